The number of hydrogen-bond acceptors (Lipinski definition) is 2. The first-order valence-corrected chi connectivity index (χ1v) is 7.33. The van der Waals surface area contributed by atoms with Crippen molar-refractivity contribution in [3.8, 4) is 0 Å². The van der Waals surface area contributed by atoms with E-state index in [0.717, 1.165) is 32.6 Å². The highest BCUT2D eigenvalue weighted by atomic mass is 19.1. The van der Waals surface area contributed by atoms with E-state index in [2.05, 4.69) is 24.1 Å². The Balaban J connectivity index is 1.84. The molecule has 1 aliphatic rings. The lowest BCUT2D eigenvalue weighted by Crippen LogP contribution is -2.43. The maximum atomic E-state index is 12.9. The summed E-state index contributed by atoms with van der Waals surface area (Å²) >= 11 is 0. The van der Waals surface area contributed by atoms with Gasteiger partial charge in [-0.2, -0.15) is 0 Å². The van der Waals surface area contributed by atoms with E-state index in [9.17, 15) is 4.39 Å². The predicted octanol–water partition coefficient (Wildman–Crippen LogP) is 2.69. The predicted molar refractivity (Wildman–Crippen MR) is 77.8 cm³/mol. The molecule has 1 fully saturated rings. The summed E-state index contributed by atoms with van der Waals surface area (Å²) in [5.41, 5.74) is 1.22. The first-order valence-electron chi connectivity index (χ1n) is 7.33. The second-order valence-corrected chi connectivity index (χ2v) is 5.88. The molecule has 1 aromatic carbocycles. The Bertz CT molecular complexity index is 377. The van der Waals surface area contributed by atoms with E-state index in [1.807, 2.05) is 12.1 Å². The monoisotopic (exact) mass is 264 g/mol. The summed E-state index contributed by atoms with van der Waals surface area (Å²) in [6.07, 6.45) is 2.21. The lowest BCUT2D eigenvalue weighted by atomic mass is 10.1. The smallest absolute Gasteiger partial charge is 0.123 e. The van der Waals surface area contributed by atoms with Crippen molar-refractivity contribution < 1.29 is 4.39 Å². The second-order valence-electron chi connectivity index (χ2n) is 5.88. The molecular weight excluding hydrogens is 239 g/mol. The van der Waals surface area contributed by atoms with Crippen LogP contribution in [0.15, 0.2) is 24.3 Å². The lowest BCUT2D eigenvalue weighted by Gasteiger charge is -2.31. The van der Waals surface area contributed by atoms with Crippen molar-refractivity contribution >= 4 is 0 Å². The molecule has 0 bridgehead atoms. The van der Waals surface area contributed by atoms with Crippen LogP contribution >= 0.6 is 0 Å². The second kappa shape index (κ2) is 7.01. The van der Waals surface area contributed by atoms with Crippen LogP contribution in [0, 0.1) is 11.7 Å². The highest BCUT2D eigenvalue weighted by Crippen LogP contribution is 2.09. The minimum absolute atomic E-state index is 0.150. The fraction of sp³-hybridized carbons (Fsp3) is 0.625. The Morgan fingerprint density at radius 2 is 2.00 bits per heavy atom. The number of nitrogens with one attached hydrogen (secondary N) is 1. The quantitative estimate of drug-likeness (QED) is 0.903. The summed E-state index contributed by atoms with van der Waals surface area (Å²) in [5.74, 6) is 0.541. The maximum absolute atomic E-state index is 12.9. The third kappa shape index (κ3) is 4.92. The molecule has 0 saturated carbocycles. The molecule has 2 nitrogen and oxygen atoms in total. The normalized spacial score (nSPS) is 25.8. The van der Waals surface area contributed by atoms with Crippen LogP contribution in [0.4, 0.5) is 4.39 Å². The van der Waals surface area contributed by atoms with Crippen LogP contribution in [-0.2, 0) is 6.42 Å². The summed E-state index contributed by atoms with van der Waals surface area (Å²) in [4.78, 5) is 2.55. The van der Waals surface area contributed by atoms with Gasteiger partial charge in [0.15, 0.2) is 0 Å². The molecule has 3 heteroatoms. The van der Waals surface area contributed by atoms with Crippen molar-refractivity contribution in [2.24, 2.45) is 5.92 Å². The third-order valence-corrected chi connectivity index (χ3v) is 3.89. The molecule has 1 aromatic rings. The minimum atomic E-state index is -0.150. The van der Waals surface area contributed by atoms with E-state index in [4.69, 9.17) is 0 Å². The number of nitrogens with zero attached hydrogens (tertiary/aromatic N) is 1. The fourth-order valence-electron chi connectivity index (χ4n) is 2.62. The van der Waals surface area contributed by atoms with Gasteiger partial charge in [-0.15, -0.1) is 0 Å². The van der Waals surface area contributed by atoms with Crippen LogP contribution in [0.25, 0.3) is 0 Å². The summed E-state index contributed by atoms with van der Waals surface area (Å²) in [6, 6.07) is 7.51. The van der Waals surface area contributed by atoms with Gasteiger partial charge in [-0.3, -0.25) is 0 Å². The van der Waals surface area contributed by atoms with Gasteiger partial charge in [0.25, 0.3) is 0 Å². The standard InChI is InChI=1S/C16H25FN2/c1-13-11-18-14(2)7-9-19(12-13)10-8-15-3-5-16(17)6-4-15/h3-6,13-14,18H,7-12H2,1-2H3. The van der Waals surface area contributed by atoms with Crippen molar-refractivity contribution in [2.75, 3.05) is 26.2 Å². The highest BCUT2D eigenvalue weighted by molar-refractivity contribution is 5.16. The molecule has 106 valence electrons. The molecule has 1 N–H and O–H groups in total. The van der Waals surface area contributed by atoms with Gasteiger partial charge in [0.1, 0.15) is 5.82 Å². The van der Waals surface area contributed by atoms with Gasteiger partial charge in [0, 0.05) is 19.1 Å². The summed E-state index contributed by atoms with van der Waals surface area (Å²) in [7, 11) is 0. The van der Waals surface area contributed by atoms with Gasteiger partial charge in [0.2, 0.25) is 0 Å². The van der Waals surface area contributed by atoms with Crippen molar-refractivity contribution in [1.82, 2.24) is 10.2 Å². The Morgan fingerprint density at radius 3 is 2.74 bits per heavy atom. The van der Waals surface area contributed by atoms with E-state index in [-0.39, 0.29) is 5.82 Å². The van der Waals surface area contributed by atoms with E-state index < -0.39 is 0 Å². The zero-order valence-electron chi connectivity index (χ0n) is 12.0. The SMILES string of the molecule is CC1CNC(C)CCN(CCc2ccc(F)cc2)C1. The van der Waals surface area contributed by atoms with Gasteiger partial charge < -0.3 is 10.2 Å². The summed E-state index contributed by atoms with van der Waals surface area (Å²) < 4.78 is 12.9. The van der Waals surface area contributed by atoms with Crippen molar-refractivity contribution in [3.05, 3.63) is 35.6 Å². The molecule has 0 radical (unpaired) electrons. The fourth-order valence-corrected chi connectivity index (χ4v) is 2.62. The van der Waals surface area contributed by atoms with E-state index in [0.29, 0.717) is 12.0 Å². The van der Waals surface area contributed by atoms with Crippen LogP contribution in [0.2, 0.25) is 0 Å². The maximum Gasteiger partial charge on any atom is 0.123 e. The zero-order valence-corrected chi connectivity index (χ0v) is 12.0. The van der Waals surface area contributed by atoms with Crippen molar-refractivity contribution in [1.29, 1.82) is 0 Å². The van der Waals surface area contributed by atoms with Gasteiger partial charge >= 0.3 is 0 Å². The summed E-state index contributed by atoms with van der Waals surface area (Å²) in [6.45, 7) is 9.05. The minimum Gasteiger partial charge on any atom is -0.314 e. The van der Waals surface area contributed by atoms with Crippen molar-refractivity contribution in [3.63, 3.8) is 0 Å². The van der Waals surface area contributed by atoms with Crippen LogP contribution in [-0.4, -0.2) is 37.1 Å². The number of halogens is 1. The molecule has 19 heavy (non-hydrogen) atoms. The largest absolute Gasteiger partial charge is 0.314 e. The number of hydrogen-bond donors (Lipinski definition) is 1. The average molecular weight is 264 g/mol. The van der Waals surface area contributed by atoms with Crippen molar-refractivity contribution in [2.45, 2.75) is 32.7 Å². The van der Waals surface area contributed by atoms with Crippen LogP contribution < -0.4 is 5.32 Å². The molecule has 1 saturated heterocycles. The Labute approximate surface area is 116 Å². The van der Waals surface area contributed by atoms with Crippen LogP contribution in [0.5, 0.6) is 0 Å². The molecule has 2 unspecified atom stereocenters. The molecule has 0 aromatic heterocycles. The Kier molecular flexibility index (Phi) is 5.34. The Hall–Kier alpha value is -0.930. The topological polar surface area (TPSA) is 15.3 Å². The van der Waals surface area contributed by atoms with Gasteiger partial charge in [-0.1, -0.05) is 19.1 Å². The first-order chi connectivity index (χ1) is 9.13. The van der Waals surface area contributed by atoms with Gasteiger partial charge in [0.05, 0.1) is 0 Å². The summed E-state index contributed by atoms with van der Waals surface area (Å²) in [5, 5.41) is 3.57. The van der Waals surface area contributed by atoms with Gasteiger partial charge in [-0.05, 0) is 56.5 Å². The lowest BCUT2D eigenvalue weighted by molar-refractivity contribution is 0.204. The molecular formula is C16H25FN2. The first kappa shape index (κ1) is 14.5. The molecule has 1 aliphatic heterocycles. The van der Waals surface area contributed by atoms with Crippen LogP contribution in [0.3, 0.4) is 0 Å². The Morgan fingerprint density at radius 1 is 1.26 bits per heavy atom. The average Bonchev–Trinajstić information content (AvgIpc) is 2.39. The molecule has 1 heterocycles. The van der Waals surface area contributed by atoms with E-state index in [1.54, 1.807) is 12.1 Å². The highest BCUT2D eigenvalue weighted by Gasteiger charge is 2.16. The number of rotatable bonds is 3. The number of benzene rings is 1. The van der Waals surface area contributed by atoms with Crippen LogP contribution in [0.1, 0.15) is 25.8 Å². The molecule has 2 atom stereocenters. The molecule has 0 aliphatic carbocycles. The van der Waals surface area contributed by atoms with E-state index >= 15 is 0 Å². The van der Waals surface area contributed by atoms with E-state index in [1.165, 1.54) is 12.0 Å². The molecule has 0 spiro atoms. The zero-order chi connectivity index (χ0) is 13.7. The molecule has 0 amide bonds. The molecule has 2 rings (SSSR count). The third-order valence-electron chi connectivity index (χ3n) is 3.89. The van der Waals surface area contributed by atoms with Gasteiger partial charge in [-0.25, -0.2) is 4.39 Å².